The quantitative estimate of drug-likeness (QED) is 0.900. The predicted octanol–water partition coefficient (Wildman–Crippen LogP) is 3.35. The summed E-state index contributed by atoms with van der Waals surface area (Å²) < 4.78 is 5.17. The zero-order valence-corrected chi connectivity index (χ0v) is 12.3. The van der Waals surface area contributed by atoms with E-state index in [4.69, 9.17) is 4.74 Å². The Bertz CT molecular complexity index is 547. The van der Waals surface area contributed by atoms with Gasteiger partial charge in [-0.1, -0.05) is 11.3 Å². The van der Waals surface area contributed by atoms with E-state index >= 15 is 0 Å². The van der Waals surface area contributed by atoms with E-state index in [9.17, 15) is 10.1 Å². The fraction of sp³-hybridized carbons (Fsp3) is 0.615. The molecule has 1 fully saturated rings. The van der Waals surface area contributed by atoms with Gasteiger partial charge >= 0.3 is 6.09 Å². The molecule has 0 atom stereocenters. The molecule has 1 aromatic heterocycles. The Kier molecular flexibility index (Phi) is 3.27. The van der Waals surface area contributed by atoms with E-state index in [0.29, 0.717) is 5.13 Å². The summed E-state index contributed by atoms with van der Waals surface area (Å²) in [5.74, 6) is 0. The molecule has 0 aliphatic heterocycles. The monoisotopic (exact) mass is 279 g/mol. The van der Waals surface area contributed by atoms with E-state index in [1.165, 1.54) is 11.3 Å². The summed E-state index contributed by atoms with van der Waals surface area (Å²) in [4.78, 5) is 16.9. The first-order valence-electron chi connectivity index (χ1n) is 6.15. The lowest BCUT2D eigenvalue weighted by Gasteiger charge is -2.18. The first-order valence-corrected chi connectivity index (χ1v) is 6.97. The fourth-order valence-electron chi connectivity index (χ4n) is 1.80. The molecule has 0 bridgehead atoms. The van der Waals surface area contributed by atoms with Crippen LogP contribution >= 0.6 is 11.3 Å². The van der Waals surface area contributed by atoms with E-state index < -0.39 is 11.7 Å². The maximum atomic E-state index is 11.7. The number of amides is 1. The molecule has 2 rings (SSSR count). The van der Waals surface area contributed by atoms with Crippen molar-refractivity contribution in [3.05, 3.63) is 10.6 Å². The first kappa shape index (κ1) is 13.8. The van der Waals surface area contributed by atoms with Crippen molar-refractivity contribution < 1.29 is 9.53 Å². The zero-order valence-electron chi connectivity index (χ0n) is 11.5. The third-order valence-corrected chi connectivity index (χ3v) is 4.08. The van der Waals surface area contributed by atoms with Gasteiger partial charge < -0.3 is 4.74 Å². The van der Waals surface area contributed by atoms with Gasteiger partial charge in [-0.05, 0) is 40.5 Å². The van der Waals surface area contributed by atoms with Gasteiger partial charge in [0.25, 0.3) is 0 Å². The average molecular weight is 279 g/mol. The van der Waals surface area contributed by atoms with Gasteiger partial charge in [0.05, 0.1) is 17.2 Å². The standard InChI is InChI=1S/C13H17N3O2S/c1-8-9(13(7-14)5-6-13)19-10(15-8)16-11(17)18-12(2,3)4/h5-6H2,1-4H3,(H,15,16,17). The Hall–Kier alpha value is -1.61. The van der Waals surface area contributed by atoms with Crippen molar-refractivity contribution in [2.24, 2.45) is 0 Å². The first-order chi connectivity index (χ1) is 8.76. The number of aryl methyl sites for hydroxylation is 1. The maximum Gasteiger partial charge on any atom is 0.413 e. The van der Waals surface area contributed by atoms with Crippen LogP contribution in [-0.2, 0) is 10.2 Å². The highest BCUT2D eigenvalue weighted by atomic mass is 32.1. The summed E-state index contributed by atoms with van der Waals surface area (Å²) in [6, 6.07) is 2.34. The van der Waals surface area contributed by atoms with Crippen LogP contribution in [0.5, 0.6) is 0 Å². The Morgan fingerprint density at radius 2 is 2.16 bits per heavy atom. The van der Waals surface area contributed by atoms with Gasteiger partial charge in [0, 0.05) is 4.88 Å². The summed E-state index contributed by atoms with van der Waals surface area (Å²) in [6.07, 6.45) is 1.23. The topological polar surface area (TPSA) is 75.0 Å². The molecule has 1 amide bonds. The normalized spacial score (nSPS) is 16.6. The highest BCUT2D eigenvalue weighted by Crippen LogP contribution is 2.51. The average Bonchev–Trinajstić information content (AvgIpc) is 2.96. The molecule has 0 saturated heterocycles. The largest absolute Gasteiger partial charge is 0.444 e. The zero-order chi connectivity index (χ0) is 14.3. The molecule has 0 spiro atoms. The van der Waals surface area contributed by atoms with E-state index in [1.54, 1.807) is 20.8 Å². The lowest BCUT2D eigenvalue weighted by Crippen LogP contribution is -2.27. The number of hydrogen-bond donors (Lipinski definition) is 1. The molecule has 1 heterocycles. The Morgan fingerprint density at radius 3 is 2.63 bits per heavy atom. The molecule has 1 N–H and O–H groups in total. The van der Waals surface area contributed by atoms with E-state index in [-0.39, 0.29) is 5.41 Å². The van der Waals surface area contributed by atoms with Gasteiger partial charge in [-0.3, -0.25) is 5.32 Å². The van der Waals surface area contributed by atoms with Crippen molar-refractivity contribution in [3.8, 4) is 6.07 Å². The molecule has 1 aliphatic carbocycles. The van der Waals surface area contributed by atoms with Crippen molar-refractivity contribution in [1.29, 1.82) is 5.26 Å². The number of nitrogens with zero attached hydrogens (tertiary/aromatic N) is 2. The number of hydrogen-bond acceptors (Lipinski definition) is 5. The van der Waals surface area contributed by atoms with Crippen molar-refractivity contribution in [1.82, 2.24) is 4.98 Å². The number of ether oxygens (including phenoxy) is 1. The fourth-order valence-corrected chi connectivity index (χ4v) is 2.95. The number of nitriles is 1. The van der Waals surface area contributed by atoms with Gasteiger partial charge in [-0.2, -0.15) is 5.26 Å². The van der Waals surface area contributed by atoms with Gasteiger partial charge in [-0.25, -0.2) is 9.78 Å². The molecule has 1 saturated carbocycles. The number of aromatic nitrogens is 1. The van der Waals surface area contributed by atoms with Crippen molar-refractivity contribution >= 4 is 22.6 Å². The molecular weight excluding hydrogens is 262 g/mol. The van der Waals surface area contributed by atoms with Crippen LogP contribution in [-0.4, -0.2) is 16.7 Å². The highest BCUT2D eigenvalue weighted by molar-refractivity contribution is 7.16. The van der Waals surface area contributed by atoms with E-state index in [2.05, 4.69) is 16.4 Å². The van der Waals surface area contributed by atoms with Crippen LogP contribution in [0.15, 0.2) is 0 Å². The molecule has 5 nitrogen and oxygen atoms in total. The summed E-state index contributed by atoms with van der Waals surface area (Å²) in [5, 5.41) is 12.3. The number of carbonyl (C=O) groups excluding carboxylic acids is 1. The van der Waals surface area contributed by atoms with E-state index in [0.717, 1.165) is 23.4 Å². The third kappa shape index (κ3) is 3.04. The molecule has 1 aromatic rings. The van der Waals surface area contributed by atoms with Crippen LogP contribution in [0.4, 0.5) is 9.93 Å². The Balaban J connectivity index is 2.10. The molecule has 102 valence electrons. The van der Waals surface area contributed by atoms with Crippen molar-refractivity contribution in [2.75, 3.05) is 5.32 Å². The summed E-state index contributed by atoms with van der Waals surface area (Å²) in [7, 11) is 0. The minimum Gasteiger partial charge on any atom is -0.444 e. The molecular formula is C13H17N3O2S. The Morgan fingerprint density at radius 1 is 1.53 bits per heavy atom. The van der Waals surface area contributed by atoms with Crippen LogP contribution in [0.3, 0.4) is 0 Å². The maximum absolute atomic E-state index is 11.7. The summed E-state index contributed by atoms with van der Waals surface area (Å²) >= 11 is 1.36. The van der Waals surface area contributed by atoms with Crippen LogP contribution in [0, 0.1) is 18.3 Å². The van der Waals surface area contributed by atoms with Crippen molar-refractivity contribution in [3.63, 3.8) is 0 Å². The molecule has 1 aliphatic rings. The van der Waals surface area contributed by atoms with Gasteiger partial charge in [-0.15, -0.1) is 0 Å². The van der Waals surface area contributed by atoms with Gasteiger partial charge in [0.15, 0.2) is 5.13 Å². The molecule has 0 aromatic carbocycles. The number of carbonyl (C=O) groups is 1. The number of thiazole rings is 1. The molecule has 0 radical (unpaired) electrons. The lowest BCUT2D eigenvalue weighted by atomic mass is 10.1. The second-order valence-corrected chi connectivity index (χ2v) is 6.75. The summed E-state index contributed by atoms with van der Waals surface area (Å²) in [6.45, 7) is 7.28. The lowest BCUT2D eigenvalue weighted by molar-refractivity contribution is 0.0636. The second kappa shape index (κ2) is 4.49. The van der Waals surface area contributed by atoms with Crippen molar-refractivity contribution in [2.45, 2.75) is 51.6 Å². The second-order valence-electron chi connectivity index (χ2n) is 5.75. The van der Waals surface area contributed by atoms with Crippen LogP contribution in [0.2, 0.25) is 0 Å². The summed E-state index contributed by atoms with van der Waals surface area (Å²) in [5.41, 5.74) is -0.0887. The minimum atomic E-state index is -0.538. The third-order valence-electron chi connectivity index (χ3n) is 2.80. The SMILES string of the molecule is Cc1nc(NC(=O)OC(C)(C)C)sc1C1(C#N)CC1. The van der Waals surface area contributed by atoms with Crippen LogP contribution in [0.1, 0.15) is 44.2 Å². The molecule has 19 heavy (non-hydrogen) atoms. The number of anilines is 1. The van der Waals surface area contributed by atoms with E-state index in [1.807, 2.05) is 6.92 Å². The van der Waals surface area contributed by atoms with Crippen LogP contribution < -0.4 is 5.32 Å². The smallest absolute Gasteiger partial charge is 0.413 e. The number of nitrogens with one attached hydrogen (secondary N) is 1. The minimum absolute atomic E-state index is 0.365. The Labute approximate surface area is 116 Å². The number of rotatable bonds is 2. The highest BCUT2D eigenvalue weighted by Gasteiger charge is 2.47. The van der Waals surface area contributed by atoms with Gasteiger partial charge in [0.2, 0.25) is 0 Å². The molecule has 6 heteroatoms. The van der Waals surface area contributed by atoms with Gasteiger partial charge in [0.1, 0.15) is 5.60 Å². The predicted molar refractivity (Wildman–Crippen MR) is 73.2 cm³/mol. The molecule has 0 unspecified atom stereocenters. The van der Waals surface area contributed by atoms with Crippen LogP contribution in [0.25, 0.3) is 0 Å².